The highest BCUT2D eigenvalue weighted by Gasteiger charge is 2.11. The van der Waals surface area contributed by atoms with Crippen molar-refractivity contribution in [3.05, 3.63) is 84.4 Å². The lowest BCUT2D eigenvalue weighted by molar-refractivity contribution is 0.919. The standard InChI is InChI=1S/C22H21N3/c1-24-14-13-20(23)16-7-6-8-17(15-16)25-21-11-4-2-9-18(21)19-10-3-5-12-22(19)25/h2-13,15,24H,14,23H2,1H3/b20-13-. The lowest BCUT2D eigenvalue weighted by Gasteiger charge is -2.10. The molecule has 3 aromatic carbocycles. The lowest BCUT2D eigenvalue weighted by Crippen LogP contribution is -2.08. The van der Waals surface area contributed by atoms with Gasteiger partial charge in [-0.15, -0.1) is 0 Å². The van der Waals surface area contributed by atoms with Gasteiger partial charge in [0, 0.05) is 28.7 Å². The van der Waals surface area contributed by atoms with Crippen molar-refractivity contribution >= 4 is 27.5 Å². The summed E-state index contributed by atoms with van der Waals surface area (Å²) in [6.45, 7) is 0.755. The summed E-state index contributed by atoms with van der Waals surface area (Å²) in [6.07, 6.45) is 2.00. The molecule has 0 aliphatic carbocycles. The van der Waals surface area contributed by atoms with Gasteiger partial charge in [-0.25, -0.2) is 0 Å². The highest BCUT2D eigenvalue weighted by Crippen LogP contribution is 2.32. The summed E-state index contributed by atoms with van der Waals surface area (Å²) in [5, 5.41) is 5.63. The van der Waals surface area contributed by atoms with Gasteiger partial charge in [0.15, 0.2) is 0 Å². The molecule has 0 unspecified atom stereocenters. The molecular formula is C22H21N3. The monoisotopic (exact) mass is 327 g/mol. The molecule has 0 fully saturated rings. The van der Waals surface area contributed by atoms with Crippen molar-refractivity contribution < 1.29 is 0 Å². The topological polar surface area (TPSA) is 43.0 Å². The van der Waals surface area contributed by atoms with E-state index < -0.39 is 0 Å². The van der Waals surface area contributed by atoms with Gasteiger partial charge < -0.3 is 15.6 Å². The summed E-state index contributed by atoms with van der Waals surface area (Å²) in [5.74, 6) is 0. The first-order chi connectivity index (χ1) is 12.3. The van der Waals surface area contributed by atoms with Gasteiger partial charge in [0.25, 0.3) is 0 Å². The Balaban J connectivity index is 1.95. The molecule has 0 spiro atoms. The Hall–Kier alpha value is -3.04. The molecule has 124 valence electrons. The van der Waals surface area contributed by atoms with Crippen molar-refractivity contribution in [3.8, 4) is 5.69 Å². The van der Waals surface area contributed by atoms with Gasteiger partial charge in [-0.05, 0) is 43.0 Å². The van der Waals surface area contributed by atoms with E-state index in [-0.39, 0.29) is 0 Å². The summed E-state index contributed by atoms with van der Waals surface area (Å²) < 4.78 is 2.31. The summed E-state index contributed by atoms with van der Waals surface area (Å²) in [7, 11) is 1.91. The maximum absolute atomic E-state index is 6.24. The van der Waals surface area contributed by atoms with Crippen LogP contribution in [0.3, 0.4) is 0 Å². The number of likely N-dealkylation sites (N-methyl/N-ethyl adjacent to an activating group) is 1. The van der Waals surface area contributed by atoms with Crippen molar-refractivity contribution in [1.29, 1.82) is 0 Å². The fraction of sp³-hybridized carbons (Fsp3) is 0.0909. The molecule has 4 rings (SSSR count). The number of hydrogen-bond donors (Lipinski definition) is 2. The van der Waals surface area contributed by atoms with E-state index in [9.17, 15) is 0 Å². The van der Waals surface area contributed by atoms with Crippen LogP contribution in [0.1, 0.15) is 5.56 Å². The average Bonchev–Trinajstić information content (AvgIpc) is 3.01. The molecule has 0 aliphatic heterocycles. The van der Waals surface area contributed by atoms with Crippen molar-refractivity contribution in [2.75, 3.05) is 13.6 Å². The molecule has 0 saturated carbocycles. The van der Waals surface area contributed by atoms with Crippen LogP contribution in [0.5, 0.6) is 0 Å². The molecule has 0 bridgehead atoms. The Morgan fingerprint density at radius 1 is 0.920 bits per heavy atom. The zero-order chi connectivity index (χ0) is 17.2. The average molecular weight is 327 g/mol. The van der Waals surface area contributed by atoms with Crippen LogP contribution in [-0.4, -0.2) is 18.2 Å². The van der Waals surface area contributed by atoms with E-state index in [0.29, 0.717) is 0 Å². The molecule has 1 aromatic heterocycles. The van der Waals surface area contributed by atoms with E-state index in [4.69, 9.17) is 5.73 Å². The highest BCUT2D eigenvalue weighted by molar-refractivity contribution is 6.09. The SMILES string of the molecule is CNC/C=C(\N)c1cccc(-n2c3ccccc3c3ccccc32)c1. The van der Waals surface area contributed by atoms with E-state index in [1.807, 2.05) is 13.1 Å². The fourth-order valence-electron chi connectivity index (χ4n) is 3.36. The Morgan fingerprint density at radius 2 is 1.56 bits per heavy atom. The molecule has 0 aliphatic rings. The Bertz CT molecular complexity index is 1020. The minimum atomic E-state index is 0.755. The van der Waals surface area contributed by atoms with Crippen molar-refractivity contribution in [1.82, 2.24) is 9.88 Å². The quantitative estimate of drug-likeness (QED) is 0.587. The fourth-order valence-corrected chi connectivity index (χ4v) is 3.36. The van der Waals surface area contributed by atoms with Crippen molar-refractivity contribution in [2.45, 2.75) is 0 Å². The molecule has 0 saturated heterocycles. The van der Waals surface area contributed by atoms with Gasteiger partial charge in [0.05, 0.1) is 11.0 Å². The second kappa shape index (κ2) is 6.46. The van der Waals surface area contributed by atoms with E-state index in [1.54, 1.807) is 0 Å². The third-order valence-corrected chi connectivity index (χ3v) is 4.54. The van der Waals surface area contributed by atoms with E-state index >= 15 is 0 Å². The predicted molar refractivity (Wildman–Crippen MR) is 107 cm³/mol. The Kier molecular flexibility index (Phi) is 4.00. The summed E-state index contributed by atoms with van der Waals surface area (Å²) in [5.41, 5.74) is 11.6. The summed E-state index contributed by atoms with van der Waals surface area (Å²) in [4.78, 5) is 0. The first kappa shape index (κ1) is 15.5. The third kappa shape index (κ3) is 2.69. The van der Waals surface area contributed by atoms with Crippen LogP contribution in [-0.2, 0) is 0 Å². The maximum Gasteiger partial charge on any atom is 0.0541 e. The molecule has 3 heteroatoms. The van der Waals surface area contributed by atoms with Gasteiger partial charge >= 0.3 is 0 Å². The number of nitrogens with zero attached hydrogens (tertiary/aromatic N) is 1. The number of fused-ring (bicyclic) bond motifs is 3. The van der Waals surface area contributed by atoms with E-state index in [0.717, 1.165) is 23.5 Å². The second-order valence-electron chi connectivity index (χ2n) is 6.14. The molecule has 0 atom stereocenters. The van der Waals surface area contributed by atoms with Crippen LogP contribution in [0.2, 0.25) is 0 Å². The smallest absolute Gasteiger partial charge is 0.0541 e. The normalized spacial score (nSPS) is 12.1. The molecule has 3 nitrogen and oxygen atoms in total. The molecule has 0 amide bonds. The number of aromatic nitrogens is 1. The first-order valence-electron chi connectivity index (χ1n) is 8.49. The minimum absolute atomic E-state index is 0.755. The van der Waals surface area contributed by atoms with Crippen LogP contribution >= 0.6 is 0 Å². The summed E-state index contributed by atoms with van der Waals surface area (Å²) >= 11 is 0. The molecule has 0 radical (unpaired) electrons. The lowest BCUT2D eigenvalue weighted by atomic mass is 10.1. The van der Waals surface area contributed by atoms with Crippen LogP contribution in [0.25, 0.3) is 33.2 Å². The zero-order valence-corrected chi connectivity index (χ0v) is 14.2. The number of nitrogens with two attached hydrogens (primary N) is 1. The number of nitrogens with one attached hydrogen (secondary N) is 1. The van der Waals surface area contributed by atoms with Crippen LogP contribution in [0.4, 0.5) is 0 Å². The maximum atomic E-state index is 6.24. The van der Waals surface area contributed by atoms with E-state index in [1.165, 1.54) is 21.8 Å². The third-order valence-electron chi connectivity index (χ3n) is 4.54. The predicted octanol–water partition coefficient (Wildman–Crippen LogP) is 4.30. The number of rotatable bonds is 4. The molecule has 3 N–H and O–H groups in total. The molecular weight excluding hydrogens is 306 g/mol. The molecule has 25 heavy (non-hydrogen) atoms. The van der Waals surface area contributed by atoms with Crippen molar-refractivity contribution in [3.63, 3.8) is 0 Å². The molecule has 1 heterocycles. The first-order valence-corrected chi connectivity index (χ1v) is 8.49. The van der Waals surface area contributed by atoms with Gasteiger partial charge in [0.1, 0.15) is 0 Å². The van der Waals surface area contributed by atoms with Crippen molar-refractivity contribution in [2.24, 2.45) is 5.73 Å². The number of benzene rings is 3. The van der Waals surface area contributed by atoms with Gasteiger partial charge in [-0.1, -0.05) is 48.5 Å². The second-order valence-corrected chi connectivity index (χ2v) is 6.14. The van der Waals surface area contributed by atoms with Gasteiger partial charge in [-0.2, -0.15) is 0 Å². The van der Waals surface area contributed by atoms with Crippen LogP contribution in [0, 0.1) is 0 Å². The Labute approximate surface area is 147 Å². The minimum Gasteiger partial charge on any atom is -0.398 e. The zero-order valence-electron chi connectivity index (χ0n) is 14.2. The van der Waals surface area contributed by atoms with Crippen LogP contribution < -0.4 is 11.1 Å². The number of hydrogen-bond acceptors (Lipinski definition) is 2. The Morgan fingerprint density at radius 3 is 2.20 bits per heavy atom. The number of para-hydroxylation sites is 2. The van der Waals surface area contributed by atoms with Crippen LogP contribution in [0.15, 0.2) is 78.9 Å². The largest absolute Gasteiger partial charge is 0.398 e. The van der Waals surface area contributed by atoms with Gasteiger partial charge in [0.2, 0.25) is 0 Å². The van der Waals surface area contributed by atoms with E-state index in [2.05, 4.69) is 82.7 Å². The summed E-state index contributed by atoms with van der Waals surface area (Å²) in [6, 6.07) is 25.5. The highest BCUT2D eigenvalue weighted by atomic mass is 15.0. The van der Waals surface area contributed by atoms with Gasteiger partial charge in [-0.3, -0.25) is 0 Å². The molecule has 4 aromatic rings.